The fourth-order valence-corrected chi connectivity index (χ4v) is 5.05. The Morgan fingerprint density at radius 2 is 1.46 bits per heavy atom. The van der Waals surface area contributed by atoms with E-state index >= 15 is 0 Å². The number of nitrogens with zero attached hydrogens (tertiary/aromatic N) is 1. The van der Waals surface area contributed by atoms with Crippen molar-refractivity contribution in [2.75, 3.05) is 27.2 Å². The summed E-state index contributed by atoms with van der Waals surface area (Å²) in [7, 11) is 4.68. The van der Waals surface area contributed by atoms with Gasteiger partial charge in [-0.2, -0.15) is 0 Å². The number of carbonyl (C=O) groups is 1. The van der Waals surface area contributed by atoms with Gasteiger partial charge < -0.3 is 14.4 Å². The standard InChI is InChI=1S/C20H28O2.C16H36N/c1-15(8-6-9-16(2)14-19(21)22)11-12-18-17(3)10-7-13-20(18,4)5;1-5-7-8-9-10-11-12-13-14-15-16-17(3,4)6-2/h6,8-9,11-12,14H,7,10,13H2,1-5H3,(H,21,22);5-16H2,1-4H3/q;+1/p-1/b9-6+,12-11+,15-8-,16-14+;. The van der Waals surface area contributed by atoms with Gasteiger partial charge in [-0.25, -0.2) is 0 Å². The van der Waals surface area contributed by atoms with E-state index in [-0.39, 0.29) is 5.41 Å². The SMILES string of the molecule is CC1=C(/C=C/C(C)=C\C=C\C(C)=C\C(=O)[O-])C(C)(C)CCC1.CCCCCCCCCCCC[N+](C)(C)CC. The van der Waals surface area contributed by atoms with E-state index in [4.69, 9.17) is 0 Å². The molecule has 0 heterocycles. The number of carbonyl (C=O) groups excluding carboxylic acids is 1. The summed E-state index contributed by atoms with van der Waals surface area (Å²) in [6, 6.07) is 0. The van der Waals surface area contributed by atoms with Crippen LogP contribution in [-0.2, 0) is 4.79 Å². The van der Waals surface area contributed by atoms with E-state index in [0.717, 1.165) is 11.6 Å². The minimum atomic E-state index is -1.16. The van der Waals surface area contributed by atoms with Gasteiger partial charge in [0.15, 0.2) is 0 Å². The quantitative estimate of drug-likeness (QED) is 0.0796. The summed E-state index contributed by atoms with van der Waals surface area (Å²) >= 11 is 0. The monoisotopic (exact) mass is 541 g/mol. The number of unbranched alkanes of at least 4 members (excludes halogenated alkanes) is 9. The first kappa shape index (κ1) is 37.1. The lowest BCUT2D eigenvalue weighted by Gasteiger charge is -2.32. The lowest BCUT2D eigenvalue weighted by Crippen LogP contribution is -2.39. The first-order valence-electron chi connectivity index (χ1n) is 15.8. The van der Waals surface area contributed by atoms with Crippen LogP contribution in [0.3, 0.4) is 0 Å². The molecule has 39 heavy (non-hydrogen) atoms. The zero-order chi connectivity index (χ0) is 29.7. The topological polar surface area (TPSA) is 40.1 Å². The van der Waals surface area contributed by atoms with E-state index in [1.54, 1.807) is 13.0 Å². The van der Waals surface area contributed by atoms with Crippen molar-refractivity contribution in [3.8, 4) is 0 Å². The first-order chi connectivity index (χ1) is 18.3. The largest absolute Gasteiger partial charge is 0.545 e. The van der Waals surface area contributed by atoms with Crippen LogP contribution in [0.5, 0.6) is 0 Å². The van der Waals surface area contributed by atoms with Crippen LogP contribution in [0.4, 0.5) is 0 Å². The van der Waals surface area contributed by atoms with Crippen molar-refractivity contribution in [3.05, 3.63) is 58.7 Å². The Bertz CT molecular complexity index is 836. The smallest absolute Gasteiger partial charge is 0.0782 e. The predicted molar refractivity (Wildman–Crippen MR) is 170 cm³/mol. The molecule has 3 heteroatoms. The van der Waals surface area contributed by atoms with Crippen LogP contribution in [-0.4, -0.2) is 37.6 Å². The molecule has 3 nitrogen and oxygen atoms in total. The molecule has 0 N–H and O–H groups in total. The Morgan fingerprint density at radius 1 is 0.897 bits per heavy atom. The third kappa shape index (κ3) is 19.8. The number of carboxylic acid groups (broad SMARTS) is 1. The Hall–Kier alpha value is -1.87. The fourth-order valence-electron chi connectivity index (χ4n) is 5.05. The molecule has 0 aromatic rings. The molecule has 0 saturated carbocycles. The average Bonchev–Trinajstić information content (AvgIpc) is 2.84. The highest BCUT2D eigenvalue weighted by molar-refractivity contribution is 5.79. The van der Waals surface area contributed by atoms with E-state index in [1.165, 1.54) is 112 Å². The molecule has 0 unspecified atom stereocenters. The molecule has 1 aliphatic carbocycles. The van der Waals surface area contributed by atoms with Gasteiger partial charge in [0.1, 0.15) is 0 Å². The highest BCUT2D eigenvalue weighted by atomic mass is 16.4. The van der Waals surface area contributed by atoms with Gasteiger partial charge in [-0.1, -0.05) is 114 Å². The molecular weight excluding hydrogens is 478 g/mol. The summed E-state index contributed by atoms with van der Waals surface area (Å²) in [5.41, 5.74) is 4.99. The zero-order valence-corrected chi connectivity index (χ0v) is 27.3. The normalized spacial score (nSPS) is 16.6. The van der Waals surface area contributed by atoms with E-state index in [1.807, 2.05) is 19.1 Å². The van der Waals surface area contributed by atoms with Crippen molar-refractivity contribution >= 4 is 5.97 Å². The van der Waals surface area contributed by atoms with Gasteiger partial charge in [-0.3, -0.25) is 0 Å². The van der Waals surface area contributed by atoms with E-state index in [9.17, 15) is 9.90 Å². The Morgan fingerprint density at radius 3 is 1.97 bits per heavy atom. The van der Waals surface area contributed by atoms with E-state index in [2.05, 4.69) is 60.9 Å². The molecule has 0 atom stereocenters. The molecule has 0 radical (unpaired) electrons. The molecular formula is C36H63NO2. The molecule has 1 rings (SSSR count). The van der Waals surface area contributed by atoms with Crippen LogP contribution in [0.25, 0.3) is 0 Å². The number of carboxylic acids is 1. The Kier molecular flexibility index (Phi) is 19.9. The number of rotatable bonds is 17. The highest BCUT2D eigenvalue weighted by Gasteiger charge is 2.26. The van der Waals surface area contributed by atoms with Gasteiger partial charge in [0.05, 0.1) is 33.2 Å². The van der Waals surface area contributed by atoms with Gasteiger partial charge in [-0.05, 0) is 82.4 Å². The highest BCUT2D eigenvalue weighted by Crippen LogP contribution is 2.40. The molecule has 1 aliphatic rings. The van der Waals surface area contributed by atoms with Crippen molar-refractivity contribution in [2.24, 2.45) is 5.41 Å². The maximum Gasteiger partial charge on any atom is 0.0782 e. The second-order valence-corrected chi connectivity index (χ2v) is 12.9. The summed E-state index contributed by atoms with van der Waals surface area (Å²) in [6.45, 7) is 17.8. The zero-order valence-electron chi connectivity index (χ0n) is 27.3. The number of quaternary nitrogens is 1. The van der Waals surface area contributed by atoms with Gasteiger partial charge >= 0.3 is 0 Å². The van der Waals surface area contributed by atoms with Gasteiger partial charge in [-0.15, -0.1) is 0 Å². The van der Waals surface area contributed by atoms with Crippen molar-refractivity contribution in [1.29, 1.82) is 0 Å². The Labute approximate surface area is 243 Å². The van der Waals surface area contributed by atoms with E-state index < -0.39 is 5.97 Å². The third-order valence-corrected chi connectivity index (χ3v) is 8.09. The van der Waals surface area contributed by atoms with Gasteiger partial charge in [0.25, 0.3) is 0 Å². The van der Waals surface area contributed by atoms with Crippen LogP contribution in [0.1, 0.15) is 132 Å². The van der Waals surface area contributed by atoms with Gasteiger partial charge in [0.2, 0.25) is 0 Å². The summed E-state index contributed by atoms with van der Waals surface area (Å²) in [4.78, 5) is 10.4. The van der Waals surface area contributed by atoms with Crippen molar-refractivity contribution in [2.45, 2.75) is 132 Å². The maximum atomic E-state index is 10.4. The molecule has 0 spiro atoms. The van der Waals surface area contributed by atoms with Crippen LogP contribution in [0.15, 0.2) is 58.7 Å². The van der Waals surface area contributed by atoms with Crippen molar-refractivity contribution < 1.29 is 14.4 Å². The minimum Gasteiger partial charge on any atom is -0.545 e. The Balaban J connectivity index is 0.000000768. The van der Waals surface area contributed by atoms with Crippen LogP contribution in [0.2, 0.25) is 0 Å². The molecule has 0 fully saturated rings. The molecule has 0 amide bonds. The van der Waals surface area contributed by atoms with Crippen LogP contribution >= 0.6 is 0 Å². The number of aliphatic carboxylic acids is 1. The second-order valence-electron chi connectivity index (χ2n) is 12.9. The molecule has 0 aliphatic heterocycles. The van der Waals surface area contributed by atoms with Crippen LogP contribution < -0.4 is 5.11 Å². The van der Waals surface area contributed by atoms with Crippen molar-refractivity contribution in [3.63, 3.8) is 0 Å². The molecule has 0 aromatic carbocycles. The predicted octanol–water partition coefficient (Wildman–Crippen LogP) is 9.27. The summed E-state index contributed by atoms with van der Waals surface area (Å²) < 4.78 is 1.19. The average molecular weight is 542 g/mol. The maximum absolute atomic E-state index is 10.4. The molecule has 0 saturated heterocycles. The summed E-state index contributed by atoms with van der Waals surface area (Å²) in [6.07, 6.45) is 29.2. The number of hydrogen-bond donors (Lipinski definition) is 0. The lowest BCUT2D eigenvalue weighted by atomic mass is 9.72. The molecule has 0 aromatic heterocycles. The molecule has 0 bridgehead atoms. The van der Waals surface area contributed by atoms with Crippen LogP contribution in [0, 0.1) is 5.41 Å². The molecule has 224 valence electrons. The first-order valence-corrected chi connectivity index (χ1v) is 15.8. The third-order valence-electron chi connectivity index (χ3n) is 8.09. The van der Waals surface area contributed by atoms with Gasteiger partial charge in [0, 0.05) is 0 Å². The van der Waals surface area contributed by atoms with Crippen molar-refractivity contribution in [1.82, 2.24) is 0 Å². The number of allylic oxidation sites excluding steroid dienone is 9. The van der Waals surface area contributed by atoms with E-state index in [0.29, 0.717) is 5.57 Å². The minimum absolute atomic E-state index is 0.253. The second kappa shape index (κ2) is 21.0. The number of hydrogen-bond acceptors (Lipinski definition) is 2. The fraction of sp³-hybridized carbons (Fsp3) is 0.694. The summed E-state index contributed by atoms with van der Waals surface area (Å²) in [5, 5.41) is 10.4. The lowest BCUT2D eigenvalue weighted by molar-refractivity contribution is -0.888. The summed E-state index contributed by atoms with van der Waals surface area (Å²) in [5.74, 6) is -1.16.